The lowest BCUT2D eigenvalue weighted by Gasteiger charge is -2.08. The molecule has 0 saturated carbocycles. The number of hydrogen-bond acceptors (Lipinski definition) is 5. The molecule has 8 heteroatoms. The summed E-state index contributed by atoms with van der Waals surface area (Å²) < 4.78 is 29.5. The molecule has 0 unspecified atom stereocenters. The van der Waals surface area contributed by atoms with Crippen LogP contribution in [0.4, 0.5) is 0 Å². The first-order valence-electron chi connectivity index (χ1n) is 7.44. The van der Waals surface area contributed by atoms with Gasteiger partial charge in [-0.3, -0.25) is 4.57 Å². The maximum Gasteiger partial charge on any atom is 0.273 e. The van der Waals surface area contributed by atoms with Gasteiger partial charge >= 0.3 is 0 Å². The van der Waals surface area contributed by atoms with Gasteiger partial charge in [0, 0.05) is 20.1 Å². The van der Waals surface area contributed by atoms with Crippen molar-refractivity contribution in [1.82, 2.24) is 14.8 Å². The summed E-state index contributed by atoms with van der Waals surface area (Å²) in [4.78, 5) is 0. The zero-order valence-electron chi connectivity index (χ0n) is 12.9. The van der Waals surface area contributed by atoms with Gasteiger partial charge in [0.25, 0.3) is 15.2 Å². The molecule has 0 amide bonds. The number of sulfonamides is 1. The average molecular weight is 318 g/mol. The minimum absolute atomic E-state index is 0.180. The summed E-state index contributed by atoms with van der Waals surface area (Å²) in [5, 5.41) is 12.7. The normalized spacial score (nSPS) is 12.0. The highest BCUT2D eigenvalue weighted by molar-refractivity contribution is 7.89. The van der Waals surface area contributed by atoms with Gasteiger partial charge < -0.3 is 4.74 Å². The Hall–Kier alpha value is -0.990. The molecule has 2 N–H and O–H groups in total. The van der Waals surface area contributed by atoms with Crippen molar-refractivity contribution in [2.75, 3.05) is 13.7 Å². The Balaban J connectivity index is 2.62. The second kappa shape index (κ2) is 9.11. The molecular formula is C13H26N4O3S. The summed E-state index contributed by atoms with van der Waals surface area (Å²) in [6.45, 7) is 2.97. The van der Waals surface area contributed by atoms with Crippen molar-refractivity contribution in [2.24, 2.45) is 5.14 Å². The van der Waals surface area contributed by atoms with Gasteiger partial charge in [-0.2, -0.15) is 0 Å². The summed E-state index contributed by atoms with van der Waals surface area (Å²) in [5.41, 5.74) is 0. The predicted octanol–water partition coefficient (Wildman–Crippen LogP) is 1.47. The van der Waals surface area contributed by atoms with Gasteiger partial charge in [-0.15, -0.1) is 10.2 Å². The number of unbranched alkanes of at least 4 members (excludes halogenated alkanes) is 5. The van der Waals surface area contributed by atoms with Crippen LogP contribution in [0.25, 0.3) is 0 Å². The molecule has 21 heavy (non-hydrogen) atoms. The van der Waals surface area contributed by atoms with E-state index >= 15 is 0 Å². The number of aryl methyl sites for hydroxylation is 1. The molecule has 0 saturated heterocycles. The van der Waals surface area contributed by atoms with Gasteiger partial charge in [0.05, 0.1) is 6.61 Å². The lowest BCUT2D eigenvalue weighted by molar-refractivity contribution is 0.183. The molecule has 0 atom stereocenters. The van der Waals surface area contributed by atoms with Crippen molar-refractivity contribution < 1.29 is 13.2 Å². The van der Waals surface area contributed by atoms with Crippen LogP contribution >= 0.6 is 0 Å². The molecular weight excluding hydrogens is 292 g/mol. The van der Waals surface area contributed by atoms with Gasteiger partial charge in [-0.1, -0.05) is 39.0 Å². The van der Waals surface area contributed by atoms with E-state index in [0.29, 0.717) is 25.4 Å². The highest BCUT2D eigenvalue weighted by Gasteiger charge is 2.20. The van der Waals surface area contributed by atoms with E-state index < -0.39 is 10.0 Å². The van der Waals surface area contributed by atoms with Crippen LogP contribution in [0.5, 0.6) is 0 Å². The molecule has 0 aliphatic carbocycles. The smallest absolute Gasteiger partial charge is 0.273 e. The average Bonchev–Trinajstić information content (AvgIpc) is 2.83. The van der Waals surface area contributed by atoms with Gasteiger partial charge in [0.15, 0.2) is 0 Å². The molecule has 0 aromatic carbocycles. The summed E-state index contributed by atoms with van der Waals surface area (Å²) in [6, 6.07) is 0. The molecule has 0 bridgehead atoms. The zero-order chi connectivity index (χ0) is 15.7. The van der Waals surface area contributed by atoms with Gasteiger partial charge in [-0.25, -0.2) is 13.6 Å². The SMILES string of the molecule is CCCCCCCCc1nnc(S(N)(=O)=O)n1CCOC. The highest BCUT2D eigenvalue weighted by Crippen LogP contribution is 2.12. The van der Waals surface area contributed by atoms with Crippen LogP contribution in [0.1, 0.15) is 51.3 Å². The van der Waals surface area contributed by atoms with Gasteiger partial charge in [-0.05, 0) is 6.42 Å². The molecule has 0 aliphatic heterocycles. The standard InChI is InChI=1S/C13H26N4O3S/c1-3-4-5-6-7-8-9-12-15-16-13(21(14,18)19)17(12)10-11-20-2/h3-11H2,1-2H3,(H2,14,18,19). The van der Waals surface area contributed by atoms with Crippen LogP contribution in [0.2, 0.25) is 0 Å². The van der Waals surface area contributed by atoms with Gasteiger partial charge in [0.1, 0.15) is 5.82 Å². The Bertz CT molecular complexity index is 513. The van der Waals surface area contributed by atoms with E-state index in [0.717, 1.165) is 12.8 Å². The molecule has 7 nitrogen and oxygen atoms in total. The third kappa shape index (κ3) is 6.11. The van der Waals surface area contributed by atoms with Crippen LogP contribution in [0.3, 0.4) is 0 Å². The number of primary sulfonamides is 1. The molecule has 0 spiro atoms. The number of nitrogens with two attached hydrogens (primary N) is 1. The number of nitrogens with zero attached hydrogens (tertiary/aromatic N) is 3. The maximum absolute atomic E-state index is 11.5. The third-order valence-corrected chi connectivity index (χ3v) is 4.13. The highest BCUT2D eigenvalue weighted by atomic mass is 32.2. The van der Waals surface area contributed by atoms with Crippen molar-refractivity contribution >= 4 is 10.0 Å². The fourth-order valence-corrected chi connectivity index (χ4v) is 2.84. The lowest BCUT2D eigenvalue weighted by atomic mass is 10.1. The minimum atomic E-state index is -3.85. The predicted molar refractivity (Wildman–Crippen MR) is 80.4 cm³/mol. The molecule has 0 radical (unpaired) electrons. The van der Waals surface area contributed by atoms with E-state index in [2.05, 4.69) is 17.1 Å². The third-order valence-electron chi connectivity index (χ3n) is 3.32. The summed E-state index contributed by atoms with van der Waals surface area (Å²) in [5.74, 6) is 0.659. The van der Waals surface area contributed by atoms with Gasteiger partial charge in [0.2, 0.25) is 0 Å². The fourth-order valence-electron chi connectivity index (χ4n) is 2.19. The van der Waals surface area contributed by atoms with Crippen molar-refractivity contribution in [3.63, 3.8) is 0 Å². The number of hydrogen-bond donors (Lipinski definition) is 1. The summed E-state index contributed by atoms with van der Waals surface area (Å²) in [6.07, 6.45) is 7.72. The lowest BCUT2D eigenvalue weighted by Crippen LogP contribution is -2.21. The summed E-state index contributed by atoms with van der Waals surface area (Å²) in [7, 11) is -2.29. The summed E-state index contributed by atoms with van der Waals surface area (Å²) >= 11 is 0. The van der Waals surface area contributed by atoms with E-state index in [4.69, 9.17) is 9.88 Å². The van der Waals surface area contributed by atoms with E-state index in [1.807, 2.05) is 0 Å². The Morgan fingerprint density at radius 2 is 1.81 bits per heavy atom. The van der Waals surface area contributed by atoms with E-state index in [-0.39, 0.29) is 5.16 Å². The van der Waals surface area contributed by atoms with Crippen molar-refractivity contribution in [2.45, 2.75) is 63.6 Å². The minimum Gasteiger partial charge on any atom is -0.383 e. The molecule has 1 aromatic rings. The first-order chi connectivity index (χ1) is 10.0. The first kappa shape index (κ1) is 18.1. The molecule has 1 heterocycles. The van der Waals surface area contributed by atoms with Crippen LogP contribution in [-0.4, -0.2) is 36.9 Å². The van der Waals surface area contributed by atoms with Crippen molar-refractivity contribution in [3.8, 4) is 0 Å². The van der Waals surface area contributed by atoms with Crippen LogP contribution < -0.4 is 5.14 Å². The number of ether oxygens (including phenoxy) is 1. The fraction of sp³-hybridized carbons (Fsp3) is 0.846. The van der Waals surface area contributed by atoms with Crippen molar-refractivity contribution in [3.05, 3.63) is 5.82 Å². The first-order valence-corrected chi connectivity index (χ1v) is 8.99. The Morgan fingerprint density at radius 1 is 1.14 bits per heavy atom. The quantitative estimate of drug-likeness (QED) is 0.623. The molecule has 122 valence electrons. The largest absolute Gasteiger partial charge is 0.383 e. The van der Waals surface area contributed by atoms with E-state index in [9.17, 15) is 8.42 Å². The topological polar surface area (TPSA) is 100 Å². The van der Waals surface area contributed by atoms with Crippen molar-refractivity contribution in [1.29, 1.82) is 0 Å². The number of rotatable bonds is 11. The zero-order valence-corrected chi connectivity index (χ0v) is 13.7. The Labute approximate surface area is 126 Å². The molecule has 0 aliphatic rings. The number of methoxy groups -OCH3 is 1. The van der Waals surface area contributed by atoms with E-state index in [1.165, 1.54) is 25.7 Å². The van der Waals surface area contributed by atoms with Crippen LogP contribution in [0, 0.1) is 0 Å². The van der Waals surface area contributed by atoms with E-state index in [1.54, 1.807) is 11.7 Å². The monoisotopic (exact) mass is 318 g/mol. The second-order valence-corrected chi connectivity index (χ2v) is 6.56. The molecule has 1 aromatic heterocycles. The maximum atomic E-state index is 11.5. The second-order valence-electron chi connectivity index (χ2n) is 5.11. The van der Waals surface area contributed by atoms with Crippen LogP contribution in [-0.2, 0) is 27.7 Å². The molecule has 1 rings (SSSR count). The Kier molecular flexibility index (Phi) is 7.84. The number of aromatic nitrogens is 3. The molecule has 0 fully saturated rings. The van der Waals surface area contributed by atoms with Crippen LogP contribution in [0.15, 0.2) is 5.16 Å². The Morgan fingerprint density at radius 3 is 2.43 bits per heavy atom.